The predicted molar refractivity (Wildman–Crippen MR) is 69.5 cm³/mol. The molecule has 1 aromatic rings. The average Bonchev–Trinajstić information content (AvgIpc) is 2.74. The third kappa shape index (κ3) is 3.21. The molecule has 0 bridgehead atoms. The van der Waals surface area contributed by atoms with Gasteiger partial charge in [0.25, 0.3) is 0 Å². The van der Waals surface area contributed by atoms with Gasteiger partial charge in [0.05, 0.1) is 18.2 Å². The Morgan fingerprint density at radius 1 is 1.56 bits per heavy atom. The molecule has 0 radical (unpaired) electrons. The van der Waals surface area contributed by atoms with Gasteiger partial charge >= 0.3 is 0 Å². The van der Waals surface area contributed by atoms with Gasteiger partial charge in [-0.1, -0.05) is 0 Å². The van der Waals surface area contributed by atoms with E-state index in [0.717, 1.165) is 12.1 Å². The molecule has 4 nitrogen and oxygen atoms in total. The Bertz CT molecular complexity index is 453. The molecule has 1 aromatic heterocycles. The molecule has 4 heteroatoms. The molecule has 1 aliphatic heterocycles. The minimum Gasteiger partial charge on any atom is -0.478 e. The fourth-order valence-corrected chi connectivity index (χ4v) is 2.42. The van der Waals surface area contributed by atoms with Gasteiger partial charge in [-0.05, 0) is 45.8 Å². The number of aryl methyl sites for hydroxylation is 1. The zero-order valence-electron chi connectivity index (χ0n) is 11.0. The van der Waals surface area contributed by atoms with E-state index in [4.69, 9.17) is 10.00 Å². The Morgan fingerprint density at radius 3 is 3.06 bits per heavy atom. The summed E-state index contributed by atoms with van der Waals surface area (Å²) in [6, 6.07) is 6.21. The number of nitrogens with zero attached hydrogens (tertiary/aromatic N) is 3. The fourth-order valence-electron chi connectivity index (χ4n) is 2.42. The first-order valence-corrected chi connectivity index (χ1v) is 6.41. The van der Waals surface area contributed by atoms with Gasteiger partial charge in [0, 0.05) is 17.8 Å². The summed E-state index contributed by atoms with van der Waals surface area (Å²) in [4.78, 5) is 6.66. The predicted octanol–water partition coefficient (Wildman–Crippen LogP) is 2.12. The fraction of sp³-hybridized carbons (Fsp3) is 0.571. The van der Waals surface area contributed by atoms with E-state index in [1.165, 1.54) is 19.4 Å². The zero-order valence-corrected chi connectivity index (χ0v) is 11.0. The highest BCUT2D eigenvalue weighted by Gasteiger charge is 2.20. The van der Waals surface area contributed by atoms with Crippen LogP contribution in [0, 0.1) is 18.3 Å². The van der Waals surface area contributed by atoms with Crippen LogP contribution in [-0.4, -0.2) is 36.1 Å². The standard InChI is InChI=1S/C14H19N3O/c1-11-8-12(10-15)9-14(16-11)18-7-5-13-4-3-6-17(13)2/h8-9,13H,3-7H2,1-2H3. The van der Waals surface area contributed by atoms with E-state index in [9.17, 15) is 0 Å². The molecule has 2 rings (SSSR count). The lowest BCUT2D eigenvalue weighted by molar-refractivity contribution is 0.228. The van der Waals surface area contributed by atoms with Crippen LogP contribution in [0.5, 0.6) is 5.88 Å². The van der Waals surface area contributed by atoms with E-state index in [2.05, 4.69) is 23.0 Å². The maximum absolute atomic E-state index is 8.88. The maximum Gasteiger partial charge on any atom is 0.214 e. The van der Waals surface area contributed by atoms with Gasteiger partial charge in [0.2, 0.25) is 5.88 Å². The van der Waals surface area contributed by atoms with Crippen LogP contribution in [-0.2, 0) is 0 Å². The van der Waals surface area contributed by atoms with Gasteiger partial charge in [-0.25, -0.2) is 4.98 Å². The van der Waals surface area contributed by atoms with Crippen LogP contribution in [0.4, 0.5) is 0 Å². The summed E-state index contributed by atoms with van der Waals surface area (Å²) in [6.45, 7) is 3.72. The Kier molecular flexibility index (Phi) is 4.16. The average molecular weight is 245 g/mol. The second kappa shape index (κ2) is 5.83. The quantitative estimate of drug-likeness (QED) is 0.815. The number of hydrogen-bond acceptors (Lipinski definition) is 4. The summed E-state index contributed by atoms with van der Waals surface area (Å²) in [5, 5.41) is 8.88. The van der Waals surface area contributed by atoms with E-state index >= 15 is 0 Å². The highest BCUT2D eigenvalue weighted by Crippen LogP contribution is 2.18. The van der Waals surface area contributed by atoms with Crippen LogP contribution in [0.25, 0.3) is 0 Å². The first-order valence-electron chi connectivity index (χ1n) is 6.41. The number of likely N-dealkylation sites (tertiary alicyclic amines) is 1. The zero-order chi connectivity index (χ0) is 13.0. The molecule has 0 aromatic carbocycles. The highest BCUT2D eigenvalue weighted by molar-refractivity contribution is 5.34. The van der Waals surface area contributed by atoms with Gasteiger partial charge in [-0.15, -0.1) is 0 Å². The SMILES string of the molecule is Cc1cc(C#N)cc(OCCC2CCCN2C)n1. The molecule has 1 unspecified atom stereocenters. The summed E-state index contributed by atoms with van der Waals surface area (Å²) in [5.41, 5.74) is 1.43. The van der Waals surface area contributed by atoms with Crippen molar-refractivity contribution in [1.29, 1.82) is 5.26 Å². The molecule has 0 spiro atoms. The normalized spacial score (nSPS) is 19.7. The number of aromatic nitrogens is 1. The second-order valence-corrected chi connectivity index (χ2v) is 4.86. The first-order chi connectivity index (χ1) is 8.69. The topological polar surface area (TPSA) is 49.1 Å². The molecular formula is C14H19N3O. The molecule has 0 amide bonds. The molecular weight excluding hydrogens is 226 g/mol. The van der Waals surface area contributed by atoms with E-state index in [0.29, 0.717) is 24.1 Å². The van der Waals surface area contributed by atoms with Crippen molar-refractivity contribution in [1.82, 2.24) is 9.88 Å². The van der Waals surface area contributed by atoms with Crippen molar-refractivity contribution in [2.24, 2.45) is 0 Å². The van der Waals surface area contributed by atoms with E-state index < -0.39 is 0 Å². The number of pyridine rings is 1. The lowest BCUT2D eigenvalue weighted by Crippen LogP contribution is -2.26. The van der Waals surface area contributed by atoms with Gasteiger partial charge in [0.1, 0.15) is 0 Å². The van der Waals surface area contributed by atoms with Crippen LogP contribution in [0.15, 0.2) is 12.1 Å². The van der Waals surface area contributed by atoms with Crippen LogP contribution in [0.3, 0.4) is 0 Å². The van der Waals surface area contributed by atoms with Crippen molar-refractivity contribution in [3.8, 4) is 11.9 Å². The first kappa shape index (κ1) is 12.8. The molecule has 0 N–H and O–H groups in total. The number of nitriles is 1. The number of hydrogen-bond donors (Lipinski definition) is 0. The molecule has 1 aliphatic rings. The minimum atomic E-state index is 0.562. The minimum absolute atomic E-state index is 0.562. The number of ether oxygens (including phenoxy) is 1. The van der Waals surface area contributed by atoms with Crippen LogP contribution in [0.2, 0.25) is 0 Å². The van der Waals surface area contributed by atoms with E-state index in [-0.39, 0.29) is 0 Å². The van der Waals surface area contributed by atoms with Crippen LogP contribution >= 0.6 is 0 Å². The van der Waals surface area contributed by atoms with Crippen molar-refractivity contribution in [2.45, 2.75) is 32.2 Å². The van der Waals surface area contributed by atoms with E-state index in [1.807, 2.05) is 6.92 Å². The van der Waals surface area contributed by atoms with Gasteiger partial charge in [-0.3, -0.25) is 0 Å². The lowest BCUT2D eigenvalue weighted by Gasteiger charge is -2.19. The molecule has 2 heterocycles. The molecule has 1 fully saturated rings. The van der Waals surface area contributed by atoms with Crippen molar-refractivity contribution in [3.05, 3.63) is 23.4 Å². The summed E-state index contributed by atoms with van der Waals surface area (Å²) in [5.74, 6) is 0.562. The third-order valence-corrected chi connectivity index (χ3v) is 3.43. The van der Waals surface area contributed by atoms with Crippen molar-refractivity contribution in [2.75, 3.05) is 20.2 Å². The lowest BCUT2D eigenvalue weighted by atomic mass is 10.1. The number of rotatable bonds is 4. The smallest absolute Gasteiger partial charge is 0.214 e. The summed E-state index contributed by atoms with van der Waals surface area (Å²) < 4.78 is 5.65. The van der Waals surface area contributed by atoms with Crippen molar-refractivity contribution < 1.29 is 4.74 Å². The van der Waals surface area contributed by atoms with Gasteiger partial charge < -0.3 is 9.64 Å². The molecule has 1 atom stereocenters. The summed E-state index contributed by atoms with van der Waals surface area (Å²) >= 11 is 0. The summed E-state index contributed by atoms with van der Waals surface area (Å²) in [6.07, 6.45) is 3.56. The highest BCUT2D eigenvalue weighted by atomic mass is 16.5. The van der Waals surface area contributed by atoms with Crippen LogP contribution < -0.4 is 4.74 Å². The molecule has 0 saturated carbocycles. The molecule has 18 heavy (non-hydrogen) atoms. The molecule has 1 saturated heterocycles. The Balaban J connectivity index is 1.86. The van der Waals surface area contributed by atoms with E-state index in [1.54, 1.807) is 12.1 Å². The van der Waals surface area contributed by atoms with Gasteiger partial charge in [0.15, 0.2) is 0 Å². The van der Waals surface area contributed by atoms with Gasteiger partial charge in [-0.2, -0.15) is 5.26 Å². The Labute approximate surface area is 108 Å². The third-order valence-electron chi connectivity index (χ3n) is 3.43. The Hall–Kier alpha value is -1.60. The Morgan fingerprint density at radius 2 is 2.39 bits per heavy atom. The van der Waals surface area contributed by atoms with Crippen LogP contribution in [0.1, 0.15) is 30.5 Å². The second-order valence-electron chi connectivity index (χ2n) is 4.86. The summed E-state index contributed by atoms with van der Waals surface area (Å²) in [7, 11) is 2.16. The molecule has 96 valence electrons. The van der Waals surface area contributed by atoms with Crippen molar-refractivity contribution in [3.63, 3.8) is 0 Å². The molecule has 0 aliphatic carbocycles. The monoisotopic (exact) mass is 245 g/mol. The maximum atomic E-state index is 8.88. The van der Waals surface area contributed by atoms with Crippen molar-refractivity contribution >= 4 is 0 Å². The largest absolute Gasteiger partial charge is 0.478 e.